The van der Waals surface area contributed by atoms with Crippen LogP contribution in [0, 0.1) is 0 Å². The molecule has 0 saturated heterocycles. The summed E-state index contributed by atoms with van der Waals surface area (Å²) in [5, 5.41) is 18.8. The molecule has 0 fully saturated rings. The lowest BCUT2D eigenvalue weighted by Gasteiger charge is -2.23. The SMILES string of the molecule is NC(=O)[C@H](CS)NC(=O)CCCCCNC(=O)[C@H](Cc1ccc(C(F)(F)P(=O)(O)O)cc1)NC(=O)[C@H](CC(=O)O)NC(=O)Cc1ccc(C(F)(F)P(=O)(O)O)cc1. The number of benzene rings is 2. The lowest BCUT2D eigenvalue weighted by Crippen LogP contribution is -2.55. The maximum Gasteiger partial charge on any atom is 0.399 e. The number of nitrogens with one attached hydrogen (secondary N) is 4. The summed E-state index contributed by atoms with van der Waals surface area (Å²) in [4.78, 5) is 110. The molecule has 0 spiro atoms. The van der Waals surface area contributed by atoms with E-state index in [1.807, 2.05) is 0 Å². The van der Waals surface area contributed by atoms with Gasteiger partial charge in [0.25, 0.3) is 0 Å². The fourth-order valence-corrected chi connectivity index (χ4v) is 6.17. The molecule has 0 aromatic heterocycles. The number of unbranched alkanes of at least 4 members (excludes halogenated alkanes) is 2. The number of rotatable bonds is 23. The van der Waals surface area contributed by atoms with Crippen molar-refractivity contribution in [2.45, 2.75) is 74.4 Å². The van der Waals surface area contributed by atoms with Crippen LogP contribution in [0.4, 0.5) is 17.6 Å². The molecule has 11 N–H and O–H groups in total. The van der Waals surface area contributed by atoms with E-state index in [0.717, 1.165) is 24.3 Å². The van der Waals surface area contributed by atoms with Crippen LogP contribution in [-0.2, 0) is 62.1 Å². The predicted molar refractivity (Wildman–Crippen MR) is 195 cm³/mol. The molecule has 0 heterocycles. The average Bonchev–Trinajstić information content (AvgIpc) is 3.10. The molecule has 0 aliphatic carbocycles. The number of thiol groups is 1. The molecule has 2 aromatic rings. The van der Waals surface area contributed by atoms with Gasteiger partial charge in [-0.05, 0) is 24.0 Å². The molecule has 316 valence electrons. The number of hydrogen-bond acceptors (Lipinski definition) is 9. The number of carboxylic acids is 1. The Morgan fingerprint density at radius 1 is 0.684 bits per heavy atom. The average molecular weight is 874 g/mol. The van der Waals surface area contributed by atoms with E-state index in [1.54, 1.807) is 0 Å². The monoisotopic (exact) mass is 873 g/mol. The highest BCUT2D eigenvalue weighted by Gasteiger charge is 2.51. The number of amides is 5. The highest BCUT2D eigenvalue weighted by atomic mass is 32.1. The number of carbonyl (C=O) groups is 6. The van der Waals surface area contributed by atoms with Crippen molar-refractivity contribution in [2.75, 3.05) is 12.3 Å². The second kappa shape index (κ2) is 20.9. The number of aliphatic carboxylic acids is 1. The van der Waals surface area contributed by atoms with Crippen LogP contribution in [0.15, 0.2) is 48.5 Å². The molecule has 2 aromatic carbocycles. The zero-order valence-electron chi connectivity index (χ0n) is 29.6. The van der Waals surface area contributed by atoms with E-state index in [-0.39, 0.29) is 29.8 Å². The highest BCUT2D eigenvalue weighted by molar-refractivity contribution is 7.80. The van der Waals surface area contributed by atoms with Crippen LogP contribution in [0.1, 0.15) is 54.4 Å². The lowest BCUT2D eigenvalue weighted by atomic mass is 10.0. The number of carbonyl (C=O) groups excluding carboxylic acids is 5. The van der Waals surface area contributed by atoms with E-state index < -0.39 is 111 Å². The van der Waals surface area contributed by atoms with Crippen LogP contribution in [0.25, 0.3) is 0 Å². The molecule has 0 aliphatic rings. The van der Waals surface area contributed by atoms with Crippen molar-refractivity contribution >= 4 is 63.3 Å². The van der Waals surface area contributed by atoms with Gasteiger partial charge in [-0.25, -0.2) is 0 Å². The van der Waals surface area contributed by atoms with Gasteiger partial charge >= 0.3 is 32.5 Å². The van der Waals surface area contributed by atoms with E-state index >= 15 is 0 Å². The maximum absolute atomic E-state index is 14.2. The highest BCUT2D eigenvalue weighted by Crippen LogP contribution is 2.60. The quantitative estimate of drug-likeness (QED) is 0.0321. The molecule has 0 aliphatic heterocycles. The smallest absolute Gasteiger partial charge is 0.399 e. The van der Waals surface area contributed by atoms with Gasteiger partial charge in [0.1, 0.15) is 18.1 Å². The number of primary amides is 1. The molecule has 2 rings (SSSR count). The van der Waals surface area contributed by atoms with Crippen molar-refractivity contribution in [3.05, 3.63) is 70.8 Å². The van der Waals surface area contributed by atoms with Gasteiger partial charge in [-0.3, -0.25) is 37.9 Å². The normalized spacial score (nSPS) is 13.8. The van der Waals surface area contributed by atoms with Crippen LogP contribution in [-0.4, -0.2) is 90.6 Å². The Hall–Kier alpha value is -4.37. The molecule has 3 atom stereocenters. The summed E-state index contributed by atoms with van der Waals surface area (Å²) in [5.74, 6) is -5.89. The molecule has 0 bridgehead atoms. The Morgan fingerprint density at radius 3 is 1.63 bits per heavy atom. The van der Waals surface area contributed by atoms with Crippen LogP contribution >= 0.6 is 27.8 Å². The first-order chi connectivity index (χ1) is 26.3. The topological polar surface area (TPSA) is 312 Å². The zero-order chi connectivity index (χ0) is 43.4. The zero-order valence-corrected chi connectivity index (χ0v) is 32.3. The minimum Gasteiger partial charge on any atom is -0.481 e. The molecule has 0 unspecified atom stereocenters. The Labute approximate surface area is 327 Å². The van der Waals surface area contributed by atoms with Crippen LogP contribution in [0.5, 0.6) is 0 Å². The molecular weight excluding hydrogens is 832 g/mol. The molecule has 25 heteroatoms. The van der Waals surface area contributed by atoms with Crippen molar-refractivity contribution < 1.29 is 80.1 Å². The van der Waals surface area contributed by atoms with Gasteiger partial charge in [-0.1, -0.05) is 55.0 Å². The lowest BCUT2D eigenvalue weighted by molar-refractivity contribution is -0.141. The first-order valence-electron chi connectivity index (χ1n) is 16.6. The molecule has 0 radical (unpaired) electrons. The Balaban J connectivity index is 2.20. The first-order valence-corrected chi connectivity index (χ1v) is 20.5. The van der Waals surface area contributed by atoms with Crippen LogP contribution < -0.4 is 27.0 Å². The first kappa shape index (κ1) is 48.8. The van der Waals surface area contributed by atoms with Crippen molar-refractivity contribution in [3.63, 3.8) is 0 Å². The number of hydrogen-bond donors (Lipinski definition) is 11. The summed E-state index contributed by atoms with van der Waals surface area (Å²) >= 11 is 3.93. The van der Waals surface area contributed by atoms with E-state index in [0.29, 0.717) is 43.5 Å². The minimum atomic E-state index is -5.92. The summed E-state index contributed by atoms with van der Waals surface area (Å²) in [6, 6.07) is 2.25. The summed E-state index contributed by atoms with van der Waals surface area (Å²) in [5.41, 5.74) is -5.91. The van der Waals surface area contributed by atoms with Gasteiger partial charge in [0, 0.05) is 36.3 Å². The Bertz CT molecular complexity index is 1870. The van der Waals surface area contributed by atoms with Crippen LogP contribution in [0.2, 0.25) is 0 Å². The molecule has 0 saturated carbocycles. The Kier molecular flexibility index (Phi) is 17.9. The van der Waals surface area contributed by atoms with E-state index in [4.69, 9.17) is 25.3 Å². The largest absolute Gasteiger partial charge is 0.481 e. The van der Waals surface area contributed by atoms with Crippen molar-refractivity contribution in [1.82, 2.24) is 21.3 Å². The van der Waals surface area contributed by atoms with Gasteiger partial charge in [0.15, 0.2) is 0 Å². The van der Waals surface area contributed by atoms with Crippen molar-refractivity contribution in [2.24, 2.45) is 5.73 Å². The van der Waals surface area contributed by atoms with Gasteiger partial charge in [0.05, 0.1) is 12.8 Å². The summed E-state index contributed by atoms with van der Waals surface area (Å²) in [6.45, 7) is -0.0189. The number of nitrogens with two attached hydrogens (primary N) is 1. The molecule has 57 heavy (non-hydrogen) atoms. The summed E-state index contributed by atoms with van der Waals surface area (Å²) < 4.78 is 78.8. The maximum atomic E-state index is 14.2. The fourth-order valence-electron chi connectivity index (χ4n) is 4.93. The molecule has 5 amide bonds. The van der Waals surface area contributed by atoms with Crippen molar-refractivity contribution in [1.29, 1.82) is 0 Å². The minimum absolute atomic E-state index is 0.00971. The summed E-state index contributed by atoms with van der Waals surface area (Å²) in [7, 11) is -11.8. The predicted octanol–water partition coefficient (Wildman–Crippen LogP) is 0.947. The number of alkyl halides is 4. The van der Waals surface area contributed by atoms with E-state index in [1.165, 1.54) is 0 Å². The molecule has 18 nitrogen and oxygen atoms in total. The third-order valence-corrected chi connectivity index (χ3v) is 10.4. The Morgan fingerprint density at radius 2 is 1.18 bits per heavy atom. The fraction of sp³-hybridized carbons (Fsp3) is 0.438. The van der Waals surface area contributed by atoms with Gasteiger partial charge in [0.2, 0.25) is 29.5 Å². The van der Waals surface area contributed by atoms with E-state index in [2.05, 4.69) is 33.9 Å². The van der Waals surface area contributed by atoms with Gasteiger partial charge < -0.3 is 51.7 Å². The van der Waals surface area contributed by atoms with Crippen molar-refractivity contribution in [3.8, 4) is 0 Å². The van der Waals surface area contributed by atoms with Crippen LogP contribution in [0.3, 0.4) is 0 Å². The third-order valence-electron chi connectivity index (χ3n) is 8.04. The van der Waals surface area contributed by atoms with Gasteiger partial charge in [-0.15, -0.1) is 0 Å². The summed E-state index contributed by atoms with van der Waals surface area (Å²) in [6.07, 6.45) is -1.06. The third kappa shape index (κ3) is 14.8. The number of halogens is 4. The second-order valence-corrected chi connectivity index (χ2v) is 16.2. The van der Waals surface area contributed by atoms with E-state index in [9.17, 15) is 60.6 Å². The molecular formula is C32H41F4N5O13P2S. The number of carboxylic acid groups (broad SMARTS) is 1. The second-order valence-electron chi connectivity index (χ2n) is 12.5. The standard InChI is InChI=1S/C32H41F4N5O13P2S/c33-31(34,55(49,50)51)20-9-5-18(6-10-20)14-22(29(47)38-13-3-1-2-4-25(42)40-24(17-57)28(37)46)41-30(48)23(16-27(44)45)39-26(43)15-19-7-11-21(12-8-19)32(35,36)56(52,53)54/h5-12,22-24,57H,1-4,13-17H2,(H2,37,46)(H,38,47)(H,39,43)(H,40,42)(H,41,48)(H,44,45)(H2,49,50,51)(H2,52,53,54)/t22-,23-,24-/m0/s1. The van der Waals surface area contributed by atoms with Gasteiger partial charge in [-0.2, -0.15) is 30.2 Å².